The Labute approximate surface area is 135 Å². The van der Waals surface area contributed by atoms with Crippen LogP contribution in [0.3, 0.4) is 0 Å². The van der Waals surface area contributed by atoms with Gasteiger partial charge in [-0.1, -0.05) is 28.5 Å². The van der Waals surface area contributed by atoms with E-state index in [4.69, 9.17) is 16.1 Å². The number of anilines is 1. The molecule has 0 aliphatic rings. The van der Waals surface area contributed by atoms with E-state index in [1.165, 1.54) is 11.8 Å². The highest BCUT2D eigenvalue weighted by molar-refractivity contribution is 8.00. The first-order valence-corrected chi connectivity index (χ1v) is 7.83. The summed E-state index contributed by atoms with van der Waals surface area (Å²) in [5.41, 5.74) is 1.65. The third kappa shape index (κ3) is 3.26. The van der Waals surface area contributed by atoms with Crippen molar-refractivity contribution < 1.29 is 9.32 Å². The maximum Gasteiger partial charge on any atom is 0.238 e. The molecule has 6 nitrogen and oxygen atoms in total. The van der Waals surface area contributed by atoms with Crippen LogP contribution in [0.15, 0.2) is 33.9 Å². The van der Waals surface area contributed by atoms with Gasteiger partial charge in [0.2, 0.25) is 5.91 Å². The minimum absolute atomic E-state index is 0.170. The summed E-state index contributed by atoms with van der Waals surface area (Å²) in [4.78, 5) is 19.7. The van der Waals surface area contributed by atoms with Gasteiger partial charge in [0, 0.05) is 11.1 Å². The lowest BCUT2D eigenvalue weighted by Crippen LogP contribution is -2.22. The van der Waals surface area contributed by atoms with Crippen molar-refractivity contribution >= 4 is 46.1 Å². The van der Waals surface area contributed by atoms with Gasteiger partial charge in [-0.05, 0) is 32.0 Å². The van der Waals surface area contributed by atoms with Crippen molar-refractivity contribution in [3.05, 3.63) is 35.0 Å². The second-order valence-corrected chi connectivity index (χ2v) is 6.54. The molecule has 0 aliphatic carbocycles. The van der Waals surface area contributed by atoms with Gasteiger partial charge in [0.05, 0.1) is 16.3 Å². The van der Waals surface area contributed by atoms with E-state index in [0.717, 1.165) is 11.0 Å². The van der Waals surface area contributed by atoms with Crippen LogP contribution in [0.4, 0.5) is 5.82 Å². The molecular formula is C14H13ClN4O2S. The highest BCUT2D eigenvalue weighted by Gasteiger charge is 2.18. The Bertz CT molecular complexity index is 829. The highest BCUT2D eigenvalue weighted by Crippen LogP contribution is 2.25. The second-order valence-electron chi connectivity index (χ2n) is 4.78. The molecule has 0 fully saturated rings. The number of thioether (sulfide) groups is 1. The number of halogens is 1. The van der Waals surface area contributed by atoms with Crippen LogP contribution in [-0.2, 0) is 4.79 Å². The van der Waals surface area contributed by atoms with Crippen molar-refractivity contribution in [1.29, 1.82) is 0 Å². The molecule has 0 spiro atoms. The van der Waals surface area contributed by atoms with Crippen LogP contribution in [0.2, 0.25) is 5.02 Å². The Morgan fingerprint density at radius 2 is 2.27 bits per heavy atom. The lowest BCUT2D eigenvalue weighted by molar-refractivity contribution is -0.115. The van der Waals surface area contributed by atoms with Crippen LogP contribution in [0.5, 0.6) is 0 Å². The number of H-pyrrole nitrogens is 1. The highest BCUT2D eigenvalue weighted by atomic mass is 35.5. The quantitative estimate of drug-likeness (QED) is 0.711. The van der Waals surface area contributed by atoms with Crippen molar-refractivity contribution in [2.24, 2.45) is 0 Å². The average molecular weight is 337 g/mol. The van der Waals surface area contributed by atoms with Crippen LogP contribution < -0.4 is 5.32 Å². The molecule has 1 unspecified atom stereocenters. The third-order valence-electron chi connectivity index (χ3n) is 2.96. The fraction of sp³-hybridized carbons (Fsp3) is 0.214. The van der Waals surface area contributed by atoms with Crippen LogP contribution in [0, 0.1) is 6.92 Å². The van der Waals surface area contributed by atoms with E-state index in [-0.39, 0.29) is 11.2 Å². The number of fused-ring (bicyclic) bond motifs is 1. The molecule has 0 bridgehead atoms. The minimum Gasteiger partial charge on any atom is -0.360 e. The van der Waals surface area contributed by atoms with Crippen molar-refractivity contribution in [3.63, 3.8) is 0 Å². The zero-order valence-electron chi connectivity index (χ0n) is 11.9. The van der Waals surface area contributed by atoms with E-state index in [1.54, 1.807) is 32.0 Å². The molecule has 3 aromatic rings. The van der Waals surface area contributed by atoms with Crippen LogP contribution >= 0.6 is 23.4 Å². The number of hydrogen-bond donors (Lipinski definition) is 2. The third-order valence-corrected chi connectivity index (χ3v) is 4.18. The van der Waals surface area contributed by atoms with Crippen molar-refractivity contribution in [1.82, 2.24) is 15.1 Å². The Hall–Kier alpha value is -1.99. The fourth-order valence-corrected chi connectivity index (χ4v) is 2.88. The van der Waals surface area contributed by atoms with E-state index < -0.39 is 0 Å². The lowest BCUT2D eigenvalue weighted by atomic mass is 10.3. The Morgan fingerprint density at radius 1 is 1.45 bits per heavy atom. The summed E-state index contributed by atoms with van der Waals surface area (Å²) in [5.74, 6) is 0.882. The fourth-order valence-electron chi connectivity index (χ4n) is 1.89. The van der Waals surface area contributed by atoms with E-state index >= 15 is 0 Å². The summed E-state index contributed by atoms with van der Waals surface area (Å²) in [5, 5.41) is 7.40. The monoisotopic (exact) mass is 336 g/mol. The molecule has 0 radical (unpaired) electrons. The first-order valence-electron chi connectivity index (χ1n) is 6.57. The molecule has 0 saturated heterocycles. The molecule has 22 heavy (non-hydrogen) atoms. The minimum atomic E-state index is -0.340. The summed E-state index contributed by atoms with van der Waals surface area (Å²) < 4.78 is 4.91. The molecule has 0 aliphatic heterocycles. The van der Waals surface area contributed by atoms with Gasteiger partial charge in [0.25, 0.3) is 0 Å². The van der Waals surface area contributed by atoms with Gasteiger partial charge >= 0.3 is 0 Å². The standard InChI is InChI=1S/C14H13ClN4O2S/c1-7-5-12(19-21-7)18-13(20)8(2)22-14-16-10-4-3-9(15)6-11(10)17-14/h3-6,8H,1-2H3,(H,16,17)(H,18,19,20). The van der Waals surface area contributed by atoms with Crippen LogP contribution in [0.1, 0.15) is 12.7 Å². The first-order chi connectivity index (χ1) is 10.5. The van der Waals surface area contributed by atoms with Crippen LogP contribution in [0.25, 0.3) is 11.0 Å². The van der Waals surface area contributed by atoms with Gasteiger partial charge in [-0.3, -0.25) is 4.79 Å². The second kappa shape index (κ2) is 6.02. The zero-order valence-corrected chi connectivity index (χ0v) is 13.5. The smallest absolute Gasteiger partial charge is 0.238 e. The van der Waals surface area contributed by atoms with Crippen molar-refractivity contribution in [3.8, 4) is 0 Å². The number of rotatable bonds is 4. The molecule has 2 aromatic heterocycles. The normalized spacial score (nSPS) is 12.5. The summed E-state index contributed by atoms with van der Waals surface area (Å²) in [7, 11) is 0. The molecule has 0 saturated carbocycles. The van der Waals surface area contributed by atoms with E-state index in [0.29, 0.717) is 21.8 Å². The summed E-state index contributed by atoms with van der Waals surface area (Å²) in [6.07, 6.45) is 0. The largest absolute Gasteiger partial charge is 0.360 e. The van der Waals surface area contributed by atoms with Gasteiger partial charge in [-0.25, -0.2) is 4.98 Å². The number of benzene rings is 1. The molecule has 2 N–H and O–H groups in total. The molecular weight excluding hydrogens is 324 g/mol. The van der Waals surface area contributed by atoms with Gasteiger partial charge in [-0.15, -0.1) is 0 Å². The predicted octanol–water partition coefficient (Wildman–Crippen LogP) is 3.63. The molecule has 1 atom stereocenters. The first kappa shape index (κ1) is 14.9. The number of amides is 1. The Kier molecular flexibility index (Phi) is 4.08. The number of carbonyl (C=O) groups is 1. The molecule has 1 amide bonds. The van der Waals surface area contributed by atoms with Gasteiger partial charge in [-0.2, -0.15) is 0 Å². The summed E-state index contributed by atoms with van der Waals surface area (Å²) in [6.45, 7) is 3.56. The van der Waals surface area contributed by atoms with Crippen molar-refractivity contribution in [2.75, 3.05) is 5.32 Å². The van der Waals surface area contributed by atoms with E-state index in [9.17, 15) is 4.79 Å². The molecule has 8 heteroatoms. The Balaban J connectivity index is 1.69. The molecule has 2 heterocycles. The van der Waals surface area contributed by atoms with E-state index in [1.807, 2.05) is 6.07 Å². The topological polar surface area (TPSA) is 83.8 Å². The molecule has 1 aromatic carbocycles. The number of hydrogen-bond acceptors (Lipinski definition) is 5. The van der Waals surface area contributed by atoms with Gasteiger partial charge < -0.3 is 14.8 Å². The zero-order chi connectivity index (χ0) is 15.7. The summed E-state index contributed by atoms with van der Waals surface area (Å²) in [6, 6.07) is 7.08. The maximum atomic E-state index is 12.1. The number of imidazole rings is 1. The number of nitrogens with one attached hydrogen (secondary N) is 2. The van der Waals surface area contributed by atoms with Crippen molar-refractivity contribution in [2.45, 2.75) is 24.3 Å². The lowest BCUT2D eigenvalue weighted by Gasteiger charge is -2.07. The number of aryl methyl sites for hydroxylation is 1. The molecule has 114 valence electrons. The number of nitrogens with zero attached hydrogens (tertiary/aromatic N) is 2. The Morgan fingerprint density at radius 3 is 3.00 bits per heavy atom. The van der Waals surface area contributed by atoms with Crippen LogP contribution in [-0.4, -0.2) is 26.3 Å². The predicted molar refractivity (Wildman–Crippen MR) is 86.3 cm³/mol. The number of aromatic nitrogens is 3. The van der Waals surface area contributed by atoms with E-state index in [2.05, 4.69) is 20.4 Å². The SMILES string of the molecule is Cc1cc(NC(=O)C(C)Sc2nc3ccc(Cl)cc3[nH]2)no1. The van der Waals surface area contributed by atoms with Gasteiger partial charge in [0.15, 0.2) is 11.0 Å². The average Bonchev–Trinajstić information content (AvgIpc) is 3.04. The summed E-state index contributed by atoms with van der Waals surface area (Å²) >= 11 is 7.27. The van der Waals surface area contributed by atoms with Gasteiger partial charge in [0.1, 0.15) is 5.76 Å². The number of carbonyl (C=O) groups excluding carboxylic acids is 1. The number of aromatic amines is 1. The molecule has 3 rings (SSSR count). The maximum absolute atomic E-state index is 12.1.